The van der Waals surface area contributed by atoms with Crippen molar-refractivity contribution in [1.29, 1.82) is 5.26 Å². The molecule has 0 spiro atoms. The van der Waals surface area contributed by atoms with Gasteiger partial charge in [0.15, 0.2) is 5.92 Å². The van der Waals surface area contributed by atoms with E-state index in [-0.39, 0.29) is 10.5 Å². The highest BCUT2D eigenvalue weighted by Gasteiger charge is 2.31. The number of aryl methyl sites for hydroxylation is 1. The Labute approximate surface area is 175 Å². The van der Waals surface area contributed by atoms with Gasteiger partial charge in [0.2, 0.25) is 15.9 Å². The Balaban J connectivity index is 2.10. The summed E-state index contributed by atoms with van der Waals surface area (Å²) in [5.74, 6) is -1.82. The van der Waals surface area contributed by atoms with Crippen LogP contribution in [0.1, 0.15) is 17.4 Å². The molecule has 1 aromatic heterocycles. The predicted molar refractivity (Wildman–Crippen MR) is 109 cm³/mol. The Morgan fingerprint density at radius 3 is 2.40 bits per heavy atom. The zero-order valence-corrected chi connectivity index (χ0v) is 18.0. The summed E-state index contributed by atoms with van der Waals surface area (Å²) in [6.45, 7) is 2.47. The van der Waals surface area contributed by atoms with Crippen molar-refractivity contribution < 1.29 is 22.8 Å². The zero-order chi connectivity index (χ0) is 22.5. The number of nitrogens with zero attached hydrogens (tertiary/aromatic N) is 4. The molecule has 1 heterocycles. The van der Waals surface area contributed by atoms with E-state index in [1.807, 2.05) is 19.0 Å². The molecule has 2 atom stereocenters. The molecule has 1 amide bonds. The van der Waals surface area contributed by atoms with E-state index >= 15 is 0 Å². The molecule has 2 N–H and O–H groups in total. The number of likely N-dealkylation sites (N-methyl/N-ethyl adjacent to an activating group) is 2. The van der Waals surface area contributed by atoms with Crippen LogP contribution in [-0.4, -0.2) is 68.0 Å². The Hall–Kier alpha value is -2.78. The number of nitrogens with one attached hydrogen (secondary N) is 1. The molecule has 2 unspecified atom stereocenters. The molecule has 10 nitrogen and oxygen atoms in total. The second-order valence-corrected chi connectivity index (χ2v) is 9.08. The van der Waals surface area contributed by atoms with Crippen LogP contribution in [0.2, 0.25) is 0 Å². The number of aliphatic hydroxyl groups is 1. The fraction of sp³-hybridized carbons (Fsp3) is 0.421. The van der Waals surface area contributed by atoms with Gasteiger partial charge >= 0.3 is 0 Å². The van der Waals surface area contributed by atoms with Gasteiger partial charge in [-0.25, -0.2) is 8.42 Å². The maximum absolute atomic E-state index is 12.6. The minimum Gasteiger partial charge on any atom is -0.386 e. The Bertz CT molecular complexity index is 1010. The lowest BCUT2D eigenvalue weighted by Crippen LogP contribution is -2.33. The van der Waals surface area contributed by atoms with Crippen molar-refractivity contribution in [3.8, 4) is 6.07 Å². The van der Waals surface area contributed by atoms with Crippen LogP contribution in [0.15, 0.2) is 39.9 Å². The lowest BCUT2D eigenvalue weighted by molar-refractivity contribution is -0.121. The fourth-order valence-electron chi connectivity index (χ4n) is 2.61. The molecule has 1 aromatic carbocycles. The van der Waals surface area contributed by atoms with E-state index in [4.69, 9.17) is 4.52 Å². The number of sulfonamides is 1. The quantitative estimate of drug-likeness (QED) is 0.594. The first-order chi connectivity index (χ1) is 14.1. The second kappa shape index (κ2) is 9.82. The molecule has 0 radical (unpaired) electrons. The van der Waals surface area contributed by atoms with Gasteiger partial charge in [0, 0.05) is 31.4 Å². The number of benzene rings is 1. The molecule has 0 aliphatic heterocycles. The van der Waals surface area contributed by atoms with Gasteiger partial charge in [-0.1, -0.05) is 5.16 Å². The van der Waals surface area contributed by atoms with Crippen LogP contribution in [0, 0.1) is 24.2 Å². The van der Waals surface area contributed by atoms with Crippen LogP contribution < -0.4 is 5.32 Å². The van der Waals surface area contributed by atoms with Crippen LogP contribution in [0.3, 0.4) is 0 Å². The van der Waals surface area contributed by atoms with Gasteiger partial charge in [-0.05, 0) is 45.3 Å². The third-order valence-corrected chi connectivity index (χ3v) is 6.41. The molecule has 2 aromatic rings. The molecule has 0 bridgehead atoms. The molecule has 0 aliphatic rings. The highest BCUT2D eigenvalue weighted by Crippen LogP contribution is 2.26. The fourth-order valence-corrected chi connectivity index (χ4v) is 3.78. The number of aliphatic hydroxyl groups excluding tert-OH is 1. The summed E-state index contributed by atoms with van der Waals surface area (Å²) >= 11 is 0. The monoisotopic (exact) mass is 435 g/mol. The molecular weight excluding hydrogens is 410 g/mol. The van der Waals surface area contributed by atoms with E-state index in [9.17, 15) is 23.6 Å². The summed E-state index contributed by atoms with van der Waals surface area (Å²) in [5.41, 5.74) is 0.545. The van der Waals surface area contributed by atoms with Crippen LogP contribution in [0.25, 0.3) is 0 Å². The molecule has 0 saturated carbocycles. The van der Waals surface area contributed by atoms with Gasteiger partial charge in [-0.3, -0.25) is 4.79 Å². The van der Waals surface area contributed by atoms with Crippen molar-refractivity contribution >= 4 is 21.6 Å². The highest BCUT2D eigenvalue weighted by atomic mass is 32.2. The average molecular weight is 436 g/mol. The molecule has 0 aliphatic carbocycles. The number of anilines is 1. The third kappa shape index (κ3) is 5.43. The van der Waals surface area contributed by atoms with Gasteiger partial charge < -0.3 is 19.8 Å². The number of nitriles is 1. The van der Waals surface area contributed by atoms with Gasteiger partial charge in [-0.2, -0.15) is 9.57 Å². The third-order valence-electron chi connectivity index (χ3n) is 4.54. The van der Waals surface area contributed by atoms with Crippen molar-refractivity contribution in [2.24, 2.45) is 5.92 Å². The normalized spacial score (nSPS) is 13.8. The Morgan fingerprint density at radius 1 is 1.27 bits per heavy atom. The largest absolute Gasteiger partial charge is 0.386 e. The standard InChI is InChI=1S/C19H25N5O5S/c1-13-17(12-21-29-13)18(25)16(11-20)19(26)22-14-5-7-15(8-6-14)30(27,28)24(4)10-9-23(2)3/h5-8,12,16,18,25H,9-10H2,1-4H3,(H,22,26). The average Bonchev–Trinajstić information content (AvgIpc) is 3.12. The number of rotatable bonds is 9. The zero-order valence-electron chi connectivity index (χ0n) is 17.2. The minimum absolute atomic E-state index is 0.0821. The summed E-state index contributed by atoms with van der Waals surface area (Å²) < 4.78 is 31.3. The van der Waals surface area contributed by atoms with Crippen LogP contribution in [0.5, 0.6) is 0 Å². The maximum atomic E-state index is 12.6. The number of hydrogen-bond acceptors (Lipinski definition) is 8. The molecule has 30 heavy (non-hydrogen) atoms. The van der Waals surface area contributed by atoms with Crippen molar-refractivity contribution in [3.63, 3.8) is 0 Å². The summed E-state index contributed by atoms with van der Waals surface area (Å²) in [4.78, 5) is 14.4. The summed E-state index contributed by atoms with van der Waals surface area (Å²) in [6, 6.07) is 7.37. The Kier molecular flexibility index (Phi) is 7.69. The summed E-state index contributed by atoms with van der Waals surface area (Å²) in [5, 5.41) is 25.7. The first-order valence-corrected chi connectivity index (χ1v) is 10.5. The summed E-state index contributed by atoms with van der Waals surface area (Å²) in [7, 11) is 1.55. The number of aromatic nitrogens is 1. The van der Waals surface area contributed by atoms with E-state index in [2.05, 4.69) is 10.5 Å². The van der Waals surface area contributed by atoms with Crippen molar-refractivity contribution in [1.82, 2.24) is 14.4 Å². The van der Waals surface area contributed by atoms with Gasteiger partial charge in [0.1, 0.15) is 11.9 Å². The van der Waals surface area contributed by atoms with E-state index in [0.29, 0.717) is 24.5 Å². The topological polar surface area (TPSA) is 140 Å². The first-order valence-electron chi connectivity index (χ1n) is 9.08. The van der Waals surface area contributed by atoms with Gasteiger partial charge in [0.25, 0.3) is 0 Å². The molecule has 0 saturated heterocycles. The predicted octanol–water partition coefficient (Wildman–Crippen LogP) is 0.977. The van der Waals surface area contributed by atoms with E-state index < -0.39 is 28.0 Å². The van der Waals surface area contributed by atoms with E-state index in [1.54, 1.807) is 13.0 Å². The van der Waals surface area contributed by atoms with Crippen molar-refractivity contribution in [2.45, 2.75) is 17.9 Å². The molecule has 162 valence electrons. The van der Waals surface area contributed by atoms with Crippen LogP contribution in [-0.2, 0) is 14.8 Å². The lowest BCUT2D eigenvalue weighted by Gasteiger charge is -2.20. The number of amides is 1. The smallest absolute Gasteiger partial charge is 0.244 e. The van der Waals surface area contributed by atoms with Crippen molar-refractivity contribution in [3.05, 3.63) is 41.8 Å². The van der Waals surface area contributed by atoms with Crippen molar-refractivity contribution in [2.75, 3.05) is 39.5 Å². The maximum Gasteiger partial charge on any atom is 0.244 e. The minimum atomic E-state index is -3.66. The van der Waals surface area contributed by atoms with Crippen LogP contribution >= 0.6 is 0 Å². The molecule has 11 heteroatoms. The lowest BCUT2D eigenvalue weighted by atomic mass is 9.97. The van der Waals surface area contributed by atoms with E-state index in [1.165, 1.54) is 41.8 Å². The SMILES string of the molecule is Cc1oncc1C(O)C(C#N)C(=O)Nc1ccc(S(=O)(=O)N(C)CCN(C)C)cc1. The second-order valence-electron chi connectivity index (χ2n) is 7.03. The van der Waals surface area contributed by atoms with Crippen LogP contribution in [0.4, 0.5) is 5.69 Å². The number of hydrogen-bond donors (Lipinski definition) is 2. The molecule has 2 rings (SSSR count). The van der Waals surface area contributed by atoms with Gasteiger partial charge in [-0.15, -0.1) is 0 Å². The highest BCUT2D eigenvalue weighted by molar-refractivity contribution is 7.89. The molecule has 0 fully saturated rings. The van der Waals surface area contributed by atoms with E-state index in [0.717, 1.165) is 0 Å². The summed E-state index contributed by atoms with van der Waals surface area (Å²) in [6.07, 6.45) is -0.157. The Morgan fingerprint density at radius 2 is 1.90 bits per heavy atom. The number of carbonyl (C=O) groups excluding carboxylic acids is 1. The first kappa shape index (κ1) is 23.5. The molecular formula is C19H25N5O5S. The van der Waals surface area contributed by atoms with Gasteiger partial charge in [0.05, 0.1) is 17.2 Å². The number of carbonyl (C=O) groups is 1.